The average Bonchev–Trinajstić information content (AvgIpc) is 2.80. The molecule has 0 bridgehead atoms. The number of methoxy groups -OCH3 is 1. The van der Waals surface area contributed by atoms with Gasteiger partial charge in [0.05, 0.1) is 12.5 Å². The number of benzene rings is 1. The van der Waals surface area contributed by atoms with Crippen molar-refractivity contribution in [2.75, 3.05) is 7.11 Å². The largest absolute Gasteiger partial charge is 0.504 e. The number of hydrogen-bond acceptors (Lipinski definition) is 4. The number of esters is 1. The van der Waals surface area contributed by atoms with Crippen LogP contribution in [0.3, 0.4) is 0 Å². The highest BCUT2D eigenvalue weighted by Gasteiger charge is 2.66. The van der Waals surface area contributed by atoms with Gasteiger partial charge in [-0.1, -0.05) is 52.0 Å². The lowest BCUT2D eigenvalue weighted by molar-refractivity contribution is -0.179. The Bertz CT molecular complexity index is 1230. The first-order chi connectivity index (χ1) is 15.8. The van der Waals surface area contributed by atoms with Gasteiger partial charge >= 0.3 is 5.97 Å². The molecule has 3 fully saturated rings. The van der Waals surface area contributed by atoms with E-state index in [9.17, 15) is 15.0 Å². The Morgan fingerprint density at radius 2 is 1.68 bits per heavy atom. The van der Waals surface area contributed by atoms with Gasteiger partial charge in [0, 0.05) is 10.6 Å². The van der Waals surface area contributed by atoms with Crippen molar-refractivity contribution >= 4 is 18.6 Å². The van der Waals surface area contributed by atoms with Gasteiger partial charge in [-0.15, -0.1) is 0 Å². The van der Waals surface area contributed by atoms with Gasteiger partial charge in [0.15, 0.2) is 11.5 Å². The van der Waals surface area contributed by atoms with Crippen LogP contribution >= 0.6 is 0 Å². The zero-order valence-electron chi connectivity index (χ0n) is 21.7. The van der Waals surface area contributed by atoms with Crippen LogP contribution in [0.5, 0.6) is 11.5 Å². The van der Waals surface area contributed by atoms with E-state index in [4.69, 9.17) is 4.74 Å². The molecule has 184 valence electrons. The number of ether oxygens (including phenoxy) is 1. The molecule has 2 N–H and O–H groups in total. The molecular weight excluding hydrogens is 424 g/mol. The molecule has 4 nitrogen and oxygen atoms in total. The zero-order valence-corrected chi connectivity index (χ0v) is 21.7. The molecule has 0 saturated heterocycles. The van der Waals surface area contributed by atoms with E-state index in [1.807, 2.05) is 0 Å². The van der Waals surface area contributed by atoms with Gasteiger partial charge in [-0.2, -0.15) is 0 Å². The molecular formula is C30H40O4. The Morgan fingerprint density at radius 1 is 1.00 bits per heavy atom. The average molecular weight is 465 g/mol. The van der Waals surface area contributed by atoms with Crippen molar-refractivity contribution in [3.05, 3.63) is 33.7 Å². The Balaban J connectivity index is 1.66. The fourth-order valence-corrected chi connectivity index (χ4v) is 8.80. The summed E-state index contributed by atoms with van der Waals surface area (Å²) >= 11 is 0. The van der Waals surface area contributed by atoms with Gasteiger partial charge in [-0.05, 0) is 90.9 Å². The van der Waals surface area contributed by atoms with Crippen LogP contribution in [0.4, 0.5) is 0 Å². The highest BCUT2D eigenvalue weighted by atomic mass is 16.5. The molecule has 4 aliphatic carbocycles. The molecule has 6 unspecified atom stereocenters. The van der Waals surface area contributed by atoms with Crippen molar-refractivity contribution in [1.82, 2.24) is 0 Å². The van der Waals surface area contributed by atoms with Gasteiger partial charge in [-0.3, -0.25) is 4.79 Å². The summed E-state index contributed by atoms with van der Waals surface area (Å²) in [5.74, 6) is 0.152. The molecule has 0 aromatic heterocycles. The van der Waals surface area contributed by atoms with Gasteiger partial charge in [0.25, 0.3) is 0 Å². The van der Waals surface area contributed by atoms with E-state index >= 15 is 0 Å². The Labute approximate surface area is 203 Å². The molecule has 0 amide bonds. The number of hydrogen-bond donors (Lipinski definition) is 2. The first-order valence-corrected chi connectivity index (χ1v) is 12.8. The molecule has 4 aliphatic rings. The highest BCUT2D eigenvalue weighted by molar-refractivity contribution is 5.76. The number of phenolic OH excluding ortho intramolecular Hbond substituents is 2. The summed E-state index contributed by atoms with van der Waals surface area (Å²) in [5, 5.41) is 22.2. The monoisotopic (exact) mass is 464 g/mol. The van der Waals surface area contributed by atoms with E-state index in [-0.39, 0.29) is 39.1 Å². The van der Waals surface area contributed by atoms with Gasteiger partial charge in [0.2, 0.25) is 0 Å². The quantitative estimate of drug-likeness (QED) is 0.450. The maximum absolute atomic E-state index is 12.8. The summed E-state index contributed by atoms with van der Waals surface area (Å²) < 4.78 is 5.27. The Morgan fingerprint density at radius 3 is 2.35 bits per heavy atom. The van der Waals surface area contributed by atoms with Crippen LogP contribution in [0.15, 0.2) is 17.7 Å². The topological polar surface area (TPSA) is 66.8 Å². The number of allylic oxidation sites excluding steroid dienone is 2. The molecule has 3 saturated carbocycles. The summed E-state index contributed by atoms with van der Waals surface area (Å²) in [6.45, 7) is 15.9. The molecule has 0 aliphatic heterocycles. The van der Waals surface area contributed by atoms with E-state index < -0.39 is 5.41 Å². The van der Waals surface area contributed by atoms with Crippen molar-refractivity contribution in [1.29, 1.82) is 0 Å². The van der Waals surface area contributed by atoms with E-state index in [1.54, 1.807) is 6.07 Å². The number of fused-ring (bicyclic) bond motifs is 7. The third-order valence-corrected chi connectivity index (χ3v) is 11.4. The van der Waals surface area contributed by atoms with Crippen LogP contribution < -0.4 is 10.4 Å². The van der Waals surface area contributed by atoms with Crippen molar-refractivity contribution < 1.29 is 19.7 Å². The molecule has 0 radical (unpaired) electrons. The molecule has 4 heteroatoms. The van der Waals surface area contributed by atoms with Crippen LogP contribution in [0.2, 0.25) is 0 Å². The van der Waals surface area contributed by atoms with Crippen LogP contribution in [-0.2, 0) is 14.9 Å². The number of carbonyl (C=O) groups is 1. The lowest BCUT2D eigenvalue weighted by atomic mass is 9.35. The van der Waals surface area contributed by atoms with Crippen LogP contribution in [0, 0.1) is 27.6 Å². The minimum atomic E-state index is -0.424. The molecule has 1 aromatic carbocycles. The summed E-state index contributed by atoms with van der Waals surface area (Å²) in [6.07, 6.45) is 11.5. The van der Waals surface area contributed by atoms with E-state index in [0.717, 1.165) is 55.7 Å². The third kappa shape index (κ3) is 2.69. The Hall–Kier alpha value is -2.23. The van der Waals surface area contributed by atoms with Crippen LogP contribution in [0.25, 0.3) is 12.7 Å². The molecule has 34 heavy (non-hydrogen) atoms. The second kappa shape index (κ2) is 6.92. The van der Waals surface area contributed by atoms with E-state index in [2.05, 4.69) is 53.3 Å². The molecule has 0 spiro atoms. The summed E-state index contributed by atoms with van der Waals surface area (Å²) in [4.78, 5) is 12.8. The van der Waals surface area contributed by atoms with Crippen molar-refractivity contribution in [2.45, 2.75) is 85.0 Å². The summed E-state index contributed by atoms with van der Waals surface area (Å²) in [7, 11) is 1.52. The zero-order chi connectivity index (χ0) is 24.9. The Kier molecular flexibility index (Phi) is 4.79. The van der Waals surface area contributed by atoms with Gasteiger partial charge in [0.1, 0.15) is 0 Å². The van der Waals surface area contributed by atoms with Crippen molar-refractivity contribution in [2.24, 2.45) is 27.6 Å². The van der Waals surface area contributed by atoms with Crippen LogP contribution in [0.1, 0.15) is 85.1 Å². The lowest BCUT2D eigenvalue weighted by Crippen LogP contribution is -2.63. The normalized spacial score (nSPS) is 42.8. The smallest absolute Gasteiger partial charge is 0.311 e. The fraction of sp³-hybridized carbons (Fsp3) is 0.633. The number of aromatic hydroxyl groups is 2. The van der Waals surface area contributed by atoms with Crippen molar-refractivity contribution in [3.63, 3.8) is 0 Å². The minimum Gasteiger partial charge on any atom is -0.504 e. The third-order valence-electron chi connectivity index (χ3n) is 11.4. The number of phenols is 2. The first kappa shape index (κ1) is 23.5. The van der Waals surface area contributed by atoms with Gasteiger partial charge < -0.3 is 14.9 Å². The minimum absolute atomic E-state index is 0.0262. The predicted octanol–water partition coefficient (Wildman–Crippen LogP) is 5.07. The standard InChI is InChI=1S/C30H40O4/c1-18-19-8-9-22-28(4,20(19)16-21(31)24(18)32)13-15-30(6)23-17-27(3,25(33)34-7)11-10-26(23,2)12-14-29(22,30)5/h8-9,16,23,31-32H,1,10-15,17H2,2-7H3. The first-order valence-electron chi connectivity index (χ1n) is 12.8. The van der Waals surface area contributed by atoms with Gasteiger partial charge in [-0.25, -0.2) is 0 Å². The number of rotatable bonds is 1. The molecule has 5 rings (SSSR count). The molecule has 6 atom stereocenters. The highest BCUT2D eigenvalue weighted by Crippen LogP contribution is 2.74. The fourth-order valence-electron chi connectivity index (χ4n) is 8.80. The summed E-state index contributed by atoms with van der Waals surface area (Å²) in [5.41, 5.74) is 2.12. The lowest BCUT2D eigenvalue weighted by Gasteiger charge is -2.69. The maximum Gasteiger partial charge on any atom is 0.311 e. The molecule has 1 aromatic rings. The van der Waals surface area contributed by atoms with E-state index in [1.165, 1.54) is 12.7 Å². The van der Waals surface area contributed by atoms with Crippen molar-refractivity contribution in [3.8, 4) is 11.5 Å². The second-order valence-corrected chi connectivity index (χ2v) is 13.0. The van der Waals surface area contributed by atoms with E-state index in [0.29, 0.717) is 11.1 Å². The summed E-state index contributed by atoms with van der Waals surface area (Å²) in [6, 6.07) is 1.76. The number of carbonyl (C=O) groups excluding carboxylic acids is 1. The second-order valence-electron chi connectivity index (χ2n) is 13.0. The predicted molar refractivity (Wildman–Crippen MR) is 135 cm³/mol. The maximum atomic E-state index is 12.8. The van der Waals surface area contributed by atoms with Crippen LogP contribution in [-0.4, -0.2) is 23.3 Å². The SMILES string of the molecule is C=c1c(O)c(O)cc2c1=CC=C1C2(C)CCC2(C)C3CC(C)(C(=O)OC)CCC3(C)CCC12C. The molecule has 0 heterocycles.